The van der Waals surface area contributed by atoms with Crippen molar-refractivity contribution in [2.75, 3.05) is 7.05 Å². The van der Waals surface area contributed by atoms with Crippen LogP contribution in [0.3, 0.4) is 0 Å². The van der Waals surface area contributed by atoms with Gasteiger partial charge in [0.1, 0.15) is 0 Å². The van der Waals surface area contributed by atoms with Gasteiger partial charge in [0.05, 0.1) is 16.0 Å². The van der Waals surface area contributed by atoms with E-state index in [0.717, 1.165) is 4.90 Å². The maximum absolute atomic E-state index is 12.7. The zero-order valence-electron chi connectivity index (χ0n) is 14.9. The van der Waals surface area contributed by atoms with E-state index in [1.807, 2.05) is 34.6 Å². The third kappa shape index (κ3) is 3.67. The lowest BCUT2D eigenvalue weighted by molar-refractivity contribution is 0.0693. The standard InChI is InChI=1S/C17H24N2O4S/c1-16(2,3)10-17(4,5)18-24(22,23)11-7-8-12-13(9-11)15(21)19(6)14(12)20/h7-9,18H,10H2,1-6H3. The van der Waals surface area contributed by atoms with Gasteiger partial charge in [0, 0.05) is 12.6 Å². The summed E-state index contributed by atoms with van der Waals surface area (Å²) in [5.41, 5.74) is -0.337. The van der Waals surface area contributed by atoms with Gasteiger partial charge in [0.15, 0.2) is 0 Å². The fraction of sp³-hybridized carbons (Fsp3) is 0.529. The quantitative estimate of drug-likeness (QED) is 0.844. The van der Waals surface area contributed by atoms with Crippen molar-refractivity contribution in [2.24, 2.45) is 5.41 Å². The SMILES string of the molecule is CN1C(=O)c2ccc(S(=O)(=O)NC(C)(C)CC(C)(C)C)cc2C1=O. The van der Waals surface area contributed by atoms with Crippen LogP contribution in [0.4, 0.5) is 0 Å². The van der Waals surface area contributed by atoms with Crippen LogP contribution in [0.1, 0.15) is 61.8 Å². The highest BCUT2D eigenvalue weighted by atomic mass is 32.2. The molecule has 0 aliphatic carbocycles. The summed E-state index contributed by atoms with van der Waals surface area (Å²) in [6.07, 6.45) is 0.643. The zero-order valence-corrected chi connectivity index (χ0v) is 15.7. The molecule has 1 aliphatic heterocycles. The molecule has 0 saturated heterocycles. The Balaban J connectivity index is 2.36. The lowest BCUT2D eigenvalue weighted by atomic mass is 9.82. The van der Waals surface area contributed by atoms with Gasteiger partial charge >= 0.3 is 0 Å². The molecule has 1 aliphatic rings. The van der Waals surface area contributed by atoms with E-state index in [2.05, 4.69) is 4.72 Å². The van der Waals surface area contributed by atoms with Gasteiger partial charge in [-0.15, -0.1) is 0 Å². The number of rotatable bonds is 4. The summed E-state index contributed by atoms with van der Waals surface area (Å²) >= 11 is 0. The number of fused-ring (bicyclic) bond motifs is 1. The Kier molecular flexibility index (Phi) is 4.39. The van der Waals surface area contributed by atoms with Gasteiger partial charge in [0.25, 0.3) is 11.8 Å². The van der Waals surface area contributed by atoms with Crippen molar-refractivity contribution in [3.8, 4) is 0 Å². The number of nitrogens with zero attached hydrogens (tertiary/aromatic N) is 1. The van der Waals surface area contributed by atoms with Crippen LogP contribution in [0.15, 0.2) is 23.1 Å². The number of hydrogen-bond donors (Lipinski definition) is 1. The highest BCUT2D eigenvalue weighted by molar-refractivity contribution is 7.89. The van der Waals surface area contributed by atoms with Crippen LogP contribution in [0.5, 0.6) is 0 Å². The third-order valence-electron chi connectivity index (χ3n) is 3.75. The van der Waals surface area contributed by atoms with Crippen LogP contribution in [-0.2, 0) is 10.0 Å². The minimum atomic E-state index is -3.80. The topological polar surface area (TPSA) is 83.6 Å². The maximum atomic E-state index is 12.7. The van der Waals surface area contributed by atoms with E-state index in [1.54, 1.807) is 0 Å². The average molecular weight is 352 g/mol. The Labute approximate surface area is 143 Å². The number of sulfonamides is 1. The molecule has 0 saturated carbocycles. The molecule has 1 aromatic rings. The normalized spacial score (nSPS) is 15.8. The van der Waals surface area contributed by atoms with Crippen LogP contribution in [0, 0.1) is 5.41 Å². The molecule has 0 spiro atoms. The second kappa shape index (κ2) is 5.67. The first-order valence-corrected chi connectivity index (χ1v) is 9.22. The highest BCUT2D eigenvalue weighted by Gasteiger charge is 2.35. The minimum absolute atomic E-state index is 0.0142. The van der Waals surface area contributed by atoms with E-state index < -0.39 is 27.4 Å². The monoisotopic (exact) mass is 352 g/mol. The van der Waals surface area contributed by atoms with E-state index in [9.17, 15) is 18.0 Å². The molecular formula is C17H24N2O4S. The summed E-state index contributed by atoms with van der Waals surface area (Å²) in [6.45, 7) is 9.77. The van der Waals surface area contributed by atoms with Crippen LogP contribution in [0.2, 0.25) is 0 Å². The smallest absolute Gasteiger partial charge is 0.261 e. The van der Waals surface area contributed by atoms with Gasteiger partial charge in [0.2, 0.25) is 10.0 Å². The van der Waals surface area contributed by atoms with E-state index in [-0.39, 0.29) is 21.4 Å². The highest BCUT2D eigenvalue weighted by Crippen LogP contribution is 2.29. The molecule has 1 aromatic carbocycles. The predicted molar refractivity (Wildman–Crippen MR) is 91.3 cm³/mol. The summed E-state index contributed by atoms with van der Waals surface area (Å²) in [4.78, 5) is 24.9. The first kappa shape index (κ1) is 18.6. The summed E-state index contributed by atoms with van der Waals surface area (Å²) in [6, 6.07) is 4.03. The molecule has 1 heterocycles. The van der Waals surface area contributed by atoms with Crippen LogP contribution in [-0.4, -0.2) is 37.7 Å². The number of benzene rings is 1. The molecular weight excluding hydrogens is 328 g/mol. The number of carbonyl (C=O) groups is 2. The van der Waals surface area contributed by atoms with Crippen molar-refractivity contribution in [1.82, 2.24) is 9.62 Å². The zero-order chi connectivity index (χ0) is 18.5. The van der Waals surface area contributed by atoms with E-state index >= 15 is 0 Å². The van der Waals surface area contributed by atoms with Gasteiger partial charge in [-0.2, -0.15) is 0 Å². The average Bonchev–Trinajstić information content (AvgIpc) is 2.59. The predicted octanol–water partition coefficient (Wildman–Crippen LogP) is 2.41. The summed E-state index contributed by atoms with van der Waals surface area (Å²) in [5.74, 6) is -0.902. The van der Waals surface area contributed by atoms with Gasteiger partial charge < -0.3 is 0 Å². The van der Waals surface area contributed by atoms with E-state index in [0.29, 0.717) is 6.42 Å². The maximum Gasteiger partial charge on any atom is 0.261 e. The van der Waals surface area contributed by atoms with Crippen LogP contribution in [0.25, 0.3) is 0 Å². The third-order valence-corrected chi connectivity index (χ3v) is 5.45. The number of hydrogen-bond acceptors (Lipinski definition) is 4. The van der Waals surface area contributed by atoms with Crippen molar-refractivity contribution in [1.29, 1.82) is 0 Å². The molecule has 7 heteroatoms. The second-order valence-corrected chi connectivity index (χ2v) is 9.79. The Morgan fingerprint density at radius 1 is 1.00 bits per heavy atom. The summed E-state index contributed by atoms with van der Waals surface area (Å²) in [7, 11) is -2.42. The Morgan fingerprint density at radius 2 is 1.54 bits per heavy atom. The number of imide groups is 1. The molecule has 0 aromatic heterocycles. The number of nitrogens with one attached hydrogen (secondary N) is 1. The molecule has 0 bridgehead atoms. The van der Waals surface area contributed by atoms with E-state index in [1.165, 1.54) is 25.2 Å². The van der Waals surface area contributed by atoms with Gasteiger partial charge in [-0.1, -0.05) is 20.8 Å². The van der Waals surface area contributed by atoms with E-state index in [4.69, 9.17) is 0 Å². The van der Waals surface area contributed by atoms with Crippen molar-refractivity contribution in [3.05, 3.63) is 29.3 Å². The fourth-order valence-corrected chi connectivity index (χ4v) is 4.73. The summed E-state index contributed by atoms with van der Waals surface area (Å²) in [5, 5.41) is 0. The van der Waals surface area contributed by atoms with Gasteiger partial charge in [-0.05, 0) is 43.9 Å². The molecule has 6 nitrogen and oxygen atoms in total. The lowest BCUT2D eigenvalue weighted by Gasteiger charge is -2.33. The molecule has 0 fully saturated rings. The molecule has 0 atom stereocenters. The first-order chi connectivity index (χ1) is 10.7. The molecule has 0 unspecified atom stereocenters. The fourth-order valence-electron chi connectivity index (χ4n) is 3.29. The van der Waals surface area contributed by atoms with Crippen molar-refractivity contribution < 1.29 is 18.0 Å². The van der Waals surface area contributed by atoms with Crippen LogP contribution < -0.4 is 4.72 Å². The Morgan fingerprint density at radius 3 is 2.08 bits per heavy atom. The van der Waals surface area contributed by atoms with Crippen molar-refractivity contribution in [3.63, 3.8) is 0 Å². The Bertz CT molecular complexity index is 804. The lowest BCUT2D eigenvalue weighted by Crippen LogP contribution is -2.45. The van der Waals surface area contributed by atoms with Gasteiger partial charge in [-0.25, -0.2) is 13.1 Å². The molecule has 24 heavy (non-hydrogen) atoms. The minimum Gasteiger partial charge on any atom is -0.277 e. The molecule has 2 rings (SSSR count). The van der Waals surface area contributed by atoms with Gasteiger partial charge in [-0.3, -0.25) is 14.5 Å². The molecule has 0 radical (unpaired) electrons. The first-order valence-electron chi connectivity index (χ1n) is 7.74. The number of carbonyl (C=O) groups excluding carboxylic acids is 2. The van der Waals surface area contributed by atoms with Crippen molar-refractivity contribution >= 4 is 21.8 Å². The Hall–Kier alpha value is -1.73. The molecule has 2 amide bonds. The molecule has 132 valence electrons. The van der Waals surface area contributed by atoms with Crippen LogP contribution >= 0.6 is 0 Å². The van der Waals surface area contributed by atoms with Crippen molar-refractivity contribution in [2.45, 2.75) is 51.5 Å². The largest absolute Gasteiger partial charge is 0.277 e. The number of amides is 2. The molecule has 1 N–H and O–H groups in total. The summed E-state index contributed by atoms with van der Waals surface area (Å²) < 4.78 is 28.1. The second-order valence-electron chi connectivity index (χ2n) is 8.10.